The summed E-state index contributed by atoms with van der Waals surface area (Å²) in [5.41, 5.74) is 0.367. The fourth-order valence-corrected chi connectivity index (χ4v) is 4.27. The minimum atomic E-state index is -3.62. The number of carbonyl (C=O) groups excluding carboxylic acids is 1. The maximum Gasteiger partial charge on any atom is 0.275 e. The number of benzene rings is 1. The summed E-state index contributed by atoms with van der Waals surface area (Å²) in [7, 11) is -3.62. The molecule has 0 aliphatic carbocycles. The van der Waals surface area contributed by atoms with E-state index in [1.807, 2.05) is 0 Å². The number of hydrogen-bond acceptors (Lipinski definition) is 6. The maximum atomic E-state index is 12.6. The van der Waals surface area contributed by atoms with E-state index in [9.17, 15) is 13.2 Å². The van der Waals surface area contributed by atoms with Crippen LogP contribution in [-0.2, 0) is 10.0 Å². The van der Waals surface area contributed by atoms with Crippen LogP contribution in [-0.4, -0.2) is 47.9 Å². The topological polar surface area (TPSA) is 92.3 Å². The van der Waals surface area contributed by atoms with Crippen LogP contribution in [0.1, 0.15) is 24.3 Å². The van der Waals surface area contributed by atoms with E-state index in [1.54, 1.807) is 32.2 Å². The van der Waals surface area contributed by atoms with Crippen molar-refractivity contribution in [3.05, 3.63) is 41.2 Å². The summed E-state index contributed by atoms with van der Waals surface area (Å²) in [6.07, 6.45) is 3.14. The highest BCUT2D eigenvalue weighted by Gasteiger charge is 2.22. The van der Waals surface area contributed by atoms with Gasteiger partial charge < -0.3 is 5.32 Å². The van der Waals surface area contributed by atoms with Gasteiger partial charge in [-0.1, -0.05) is 43.3 Å². The van der Waals surface area contributed by atoms with E-state index < -0.39 is 15.9 Å². The second-order valence-corrected chi connectivity index (χ2v) is 8.24. The summed E-state index contributed by atoms with van der Waals surface area (Å²) in [6, 6.07) is 6.08. The van der Waals surface area contributed by atoms with Crippen LogP contribution in [0.4, 0.5) is 5.69 Å². The van der Waals surface area contributed by atoms with Gasteiger partial charge in [-0.3, -0.25) is 4.79 Å². The number of amides is 1. The Labute approximate surface area is 162 Å². The van der Waals surface area contributed by atoms with E-state index in [0.717, 1.165) is 0 Å². The Balaban J connectivity index is 2.30. The fraction of sp³-hybridized carbons (Fsp3) is 0.312. The summed E-state index contributed by atoms with van der Waals surface area (Å²) in [5, 5.41) is 3.16. The van der Waals surface area contributed by atoms with Crippen LogP contribution in [0.5, 0.6) is 0 Å². The zero-order valence-electron chi connectivity index (χ0n) is 14.6. The molecule has 1 aromatic carbocycles. The predicted molar refractivity (Wildman–Crippen MR) is 103 cm³/mol. The van der Waals surface area contributed by atoms with Gasteiger partial charge in [0.05, 0.1) is 16.1 Å². The second kappa shape index (κ2) is 8.81. The number of hydrogen-bond donors (Lipinski definition) is 1. The number of nitrogens with one attached hydrogen (secondary N) is 1. The van der Waals surface area contributed by atoms with Crippen molar-refractivity contribution >= 4 is 45.0 Å². The van der Waals surface area contributed by atoms with Gasteiger partial charge in [0, 0.05) is 18.8 Å². The first-order valence-electron chi connectivity index (χ1n) is 7.81. The Morgan fingerprint density at radius 1 is 1.31 bits per heavy atom. The average molecular weight is 415 g/mol. The molecular formula is C16H19ClN4O3S2. The molecule has 0 aliphatic heterocycles. The van der Waals surface area contributed by atoms with Gasteiger partial charge in [0.1, 0.15) is 0 Å². The van der Waals surface area contributed by atoms with Crippen molar-refractivity contribution in [3.63, 3.8) is 0 Å². The Morgan fingerprint density at radius 2 is 2.00 bits per heavy atom. The molecule has 0 fully saturated rings. The van der Waals surface area contributed by atoms with Crippen LogP contribution in [0.2, 0.25) is 5.02 Å². The molecule has 1 aromatic heterocycles. The van der Waals surface area contributed by atoms with Gasteiger partial charge in [-0.05, 0) is 24.5 Å². The first-order chi connectivity index (χ1) is 12.3. The molecule has 0 aliphatic rings. The Bertz CT molecular complexity index is 902. The fourth-order valence-electron chi connectivity index (χ4n) is 2.25. The third-order valence-electron chi connectivity index (χ3n) is 3.55. The van der Waals surface area contributed by atoms with Gasteiger partial charge in [-0.25, -0.2) is 18.4 Å². The molecule has 2 aromatic rings. The first-order valence-corrected chi connectivity index (χ1v) is 10.9. The second-order valence-electron chi connectivity index (χ2n) is 5.12. The van der Waals surface area contributed by atoms with Crippen molar-refractivity contribution in [1.82, 2.24) is 14.3 Å². The third-order valence-corrected chi connectivity index (χ3v) is 6.44. The number of rotatable bonds is 7. The van der Waals surface area contributed by atoms with Gasteiger partial charge in [0.15, 0.2) is 10.9 Å². The molecular weight excluding hydrogens is 396 g/mol. The lowest BCUT2D eigenvalue weighted by atomic mass is 10.3. The van der Waals surface area contributed by atoms with Gasteiger partial charge in [-0.2, -0.15) is 4.31 Å². The zero-order valence-corrected chi connectivity index (χ0v) is 17.0. The number of halogens is 1. The molecule has 0 spiro atoms. The number of aromatic nitrogens is 2. The standard InChI is InChI=1S/C16H19ClN4O3S2/c1-4-21(5-2)26(23,24)12-8-6-7-11(9-12)19-15(22)14-13(17)10-18-16(20-14)25-3/h6-10H,4-5H2,1-3H3,(H,19,22). The molecule has 140 valence electrons. The van der Waals surface area contributed by atoms with E-state index in [-0.39, 0.29) is 15.6 Å². The number of nitrogens with zero attached hydrogens (tertiary/aromatic N) is 3. The Kier molecular flexibility index (Phi) is 6.99. The number of carbonyl (C=O) groups is 1. The summed E-state index contributed by atoms with van der Waals surface area (Å²) in [4.78, 5) is 20.6. The first kappa shape index (κ1) is 20.6. The van der Waals surface area contributed by atoms with Crippen molar-refractivity contribution in [2.24, 2.45) is 0 Å². The largest absolute Gasteiger partial charge is 0.321 e. The number of sulfonamides is 1. The molecule has 0 atom stereocenters. The smallest absolute Gasteiger partial charge is 0.275 e. The summed E-state index contributed by atoms with van der Waals surface area (Å²) >= 11 is 7.28. The van der Waals surface area contributed by atoms with Crippen molar-refractivity contribution < 1.29 is 13.2 Å². The normalized spacial score (nSPS) is 11.6. The third kappa shape index (κ3) is 4.53. The van der Waals surface area contributed by atoms with Crippen LogP contribution in [0.15, 0.2) is 40.5 Å². The lowest BCUT2D eigenvalue weighted by molar-refractivity contribution is 0.102. The van der Waals surface area contributed by atoms with Crippen LogP contribution >= 0.6 is 23.4 Å². The summed E-state index contributed by atoms with van der Waals surface area (Å²) in [5.74, 6) is -0.537. The summed E-state index contributed by atoms with van der Waals surface area (Å²) in [6.45, 7) is 4.27. The molecule has 0 unspecified atom stereocenters. The van der Waals surface area contributed by atoms with Crippen molar-refractivity contribution in [2.75, 3.05) is 24.7 Å². The maximum absolute atomic E-state index is 12.6. The monoisotopic (exact) mass is 414 g/mol. The Hall–Kier alpha value is -1.68. The summed E-state index contributed by atoms with van der Waals surface area (Å²) < 4.78 is 26.6. The van der Waals surface area contributed by atoms with E-state index in [2.05, 4.69) is 15.3 Å². The van der Waals surface area contributed by atoms with Gasteiger partial charge in [0.2, 0.25) is 10.0 Å². The van der Waals surface area contributed by atoms with Crippen molar-refractivity contribution in [1.29, 1.82) is 0 Å². The molecule has 7 nitrogen and oxygen atoms in total. The van der Waals surface area contributed by atoms with E-state index in [0.29, 0.717) is 23.9 Å². The van der Waals surface area contributed by atoms with Crippen LogP contribution in [0, 0.1) is 0 Å². The molecule has 26 heavy (non-hydrogen) atoms. The highest BCUT2D eigenvalue weighted by atomic mass is 35.5. The molecule has 1 amide bonds. The van der Waals surface area contributed by atoms with E-state index in [1.165, 1.54) is 34.4 Å². The lowest BCUT2D eigenvalue weighted by Crippen LogP contribution is -2.30. The van der Waals surface area contributed by atoms with Gasteiger partial charge in [-0.15, -0.1) is 0 Å². The molecule has 1 N–H and O–H groups in total. The van der Waals surface area contributed by atoms with Crippen LogP contribution < -0.4 is 5.32 Å². The molecule has 0 saturated heterocycles. The molecule has 0 saturated carbocycles. The molecule has 0 bridgehead atoms. The van der Waals surface area contributed by atoms with Gasteiger partial charge >= 0.3 is 0 Å². The van der Waals surface area contributed by atoms with Crippen LogP contribution in [0.3, 0.4) is 0 Å². The van der Waals surface area contributed by atoms with Crippen LogP contribution in [0.25, 0.3) is 0 Å². The molecule has 1 heterocycles. The van der Waals surface area contributed by atoms with E-state index >= 15 is 0 Å². The minimum absolute atomic E-state index is 0.0306. The highest BCUT2D eigenvalue weighted by Crippen LogP contribution is 2.21. The van der Waals surface area contributed by atoms with Crippen molar-refractivity contribution in [2.45, 2.75) is 23.9 Å². The lowest BCUT2D eigenvalue weighted by Gasteiger charge is -2.18. The quantitative estimate of drug-likeness (QED) is 0.552. The molecule has 0 radical (unpaired) electrons. The van der Waals surface area contributed by atoms with E-state index in [4.69, 9.17) is 11.6 Å². The zero-order chi connectivity index (χ0) is 19.3. The SMILES string of the molecule is CCN(CC)S(=O)(=O)c1cccc(NC(=O)c2nc(SC)ncc2Cl)c1. The predicted octanol–water partition coefficient (Wildman–Crippen LogP) is 3.13. The number of anilines is 1. The minimum Gasteiger partial charge on any atom is -0.321 e. The molecule has 2 rings (SSSR count). The highest BCUT2D eigenvalue weighted by molar-refractivity contribution is 7.98. The average Bonchev–Trinajstić information content (AvgIpc) is 2.63. The Morgan fingerprint density at radius 3 is 2.62 bits per heavy atom. The molecule has 10 heteroatoms. The van der Waals surface area contributed by atoms with Crippen molar-refractivity contribution in [3.8, 4) is 0 Å². The number of thioether (sulfide) groups is 1. The van der Waals surface area contributed by atoms with Gasteiger partial charge in [0.25, 0.3) is 5.91 Å².